The maximum Gasteiger partial charge on any atom is 0.224 e. The number of carbonyl (C=O) groups excluding carboxylic acids is 1. The summed E-state index contributed by atoms with van der Waals surface area (Å²) >= 11 is 7.78. The third kappa shape index (κ3) is 3.74. The minimum Gasteiger partial charge on any atom is -0.326 e. The summed E-state index contributed by atoms with van der Waals surface area (Å²) in [7, 11) is 0. The third-order valence-corrected chi connectivity index (χ3v) is 5.70. The topological polar surface area (TPSA) is 41.1 Å². The van der Waals surface area contributed by atoms with Crippen LogP contribution in [0.4, 0.5) is 5.69 Å². The Morgan fingerprint density at radius 3 is 2.71 bits per heavy atom. The summed E-state index contributed by atoms with van der Waals surface area (Å²) in [5.41, 5.74) is 0.791. The summed E-state index contributed by atoms with van der Waals surface area (Å²) in [5.74, 6) is 0.624. The van der Waals surface area contributed by atoms with Crippen molar-refractivity contribution >= 4 is 35.0 Å². The lowest BCUT2D eigenvalue weighted by atomic mass is 9.89. The van der Waals surface area contributed by atoms with Gasteiger partial charge in [-0.2, -0.15) is 0 Å². The maximum atomic E-state index is 12.2. The van der Waals surface area contributed by atoms with Crippen molar-refractivity contribution < 1.29 is 4.79 Å². The van der Waals surface area contributed by atoms with E-state index >= 15 is 0 Å². The smallest absolute Gasteiger partial charge is 0.224 e. The van der Waals surface area contributed by atoms with Crippen LogP contribution < -0.4 is 10.6 Å². The maximum absolute atomic E-state index is 12.2. The monoisotopic (exact) mass is 324 g/mol. The van der Waals surface area contributed by atoms with Crippen LogP contribution in [0.2, 0.25) is 5.02 Å². The molecule has 0 aliphatic carbocycles. The molecule has 2 aliphatic heterocycles. The summed E-state index contributed by atoms with van der Waals surface area (Å²) < 4.78 is 0. The lowest BCUT2D eigenvalue weighted by Gasteiger charge is -2.28. The number of hydrogen-bond donors (Lipinski definition) is 2. The van der Waals surface area contributed by atoms with Gasteiger partial charge in [-0.3, -0.25) is 4.79 Å². The predicted molar refractivity (Wildman–Crippen MR) is 89.1 cm³/mol. The highest BCUT2D eigenvalue weighted by Gasteiger charge is 2.34. The Bertz CT molecular complexity index is 525. The molecule has 0 saturated carbocycles. The first-order valence-electron chi connectivity index (χ1n) is 7.53. The van der Waals surface area contributed by atoms with E-state index in [1.165, 1.54) is 12.8 Å². The predicted octanol–water partition coefficient (Wildman–Crippen LogP) is 3.92. The first kappa shape index (κ1) is 15.2. The molecular weight excluding hydrogens is 304 g/mol. The highest BCUT2D eigenvalue weighted by atomic mass is 35.5. The highest BCUT2D eigenvalue weighted by Crippen LogP contribution is 2.33. The Morgan fingerprint density at radius 1 is 1.38 bits per heavy atom. The van der Waals surface area contributed by atoms with Crippen LogP contribution in [0.3, 0.4) is 0 Å². The van der Waals surface area contributed by atoms with Gasteiger partial charge in [0, 0.05) is 29.1 Å². The van der Waals surface area contributed by atoms with E-state index in [1.54, 1.807) is 11.8 Å². The van der Waals surface area contributed by atoms with Gasteiger partial charge in [0.05, 0.1) is 5.02 Å². The van der Waals surface area contributed by atoms with Gasteiger partial charge in [0.2, 0.25) is 5.91 Å². The number of amides is 1. The van der Waals surface area contributed by atoms with Crippen LogP contribution in [0, 0.1) is 5.92 Å². The minimum atomic E-state index is 0.106. The average Bonchev–Trinajstić information content (AvgIpc) is 2.78. The third-order valence-electron chi connectivity index (χ3n) is 4.48. The fourth-order valence-electron chi connectivity index (χ4n) is 3.56. The van der Waals surface area contributed by atoms with Gasteiger partial charge >= 0.3 is 0 Å². The number of anilines is 1. The highest BCUT2D eigenvalue weighted by molar-refractivity contribution is 7.98. The molecule has 3 nitrogen and oxygen atoms in total. The van der Waals surface area contributed by atoms with E-state index in [9.17, 15) is 4.79 Å². The fraction of sp³-hybridized carbons (Fsp3) is 0.562. The molecule has 2 heterocycles. The number of thioether (sulfide) groups is 1. The van der Waals surface area contributed by atoms with Gasteiger partial charge in [-0.05, 0) is 56.1 Å². The fourth-order valence-corrected chi connectivity index (χ4v) is 4.43. The van der Waals surface area contributed by atoms with Crippen LogP contribution in [-0.4, -0.2) is 24.2 Å². The van der Waals surface area contributed by atoms with Gasteiger partial charge in [0.15, 0.2) is 0 Å². The SMILES string of the molecule is CSc1ccc(NC(=O)CC2CC3CCC(C2)N3)cc1Cl. The van der Waals surface area contributed by atoms with Crippen LogP contribution >= 0.6 is 23.4 Å². The number of nitrogens with one attached hydrogen (secondary N) is 2. The Labute approximate surface area is 135 Å². The number of halogens is 1. The zero-order valence-corrected chi connectivity index (χ0v) is 13.8. The summed E-state index contributed by atoms with van der Waals surface area (Å²) in [6.45, 7) is 0. The van der Waals surface area contributed by atoms with Crippen LogP contribution in [0.25, 0.3) is 0 Å². The molecule has 2 fully saturated rings. The number of fused-ring (bicyclic) bond motifs is 2. The second kappa shape index (κ2) is 6.59. The number of rotatable bonds is 4. The van der Waals surface area contributed by atoms with Crippen molar-refractivity contribution in [3.8, 4) is 0 Å². The van der Waals surface area contributed by atoms with Gasteiger partial charge in [-0.15, -0.1) is 11.8 Å². The molecule has 2 unspecified atom stereocenters. The quantitative estimate of drug-likeness (QED) is 0.825. The molecule has 5 heteroatoms. The zero-order valence-electron chi connectivity index (χ0n) is 12.2. The Kier molecular flexibility index (Phi) is 4.77. The van der Waals surface area contributed by atoms with E-state index in [1.807, 2.05) is 24.5 Å². The molecule has 2 atom stereocenters. The number of piperidine rings is 1. The molecule has 2 saturated heterocycles. The number of benzene rings is 1. The summed E-state index contributed by atoms with van der Waals surface area (Å²) in [4.78, 5) is 13.2. The molecule has 2 N–H and O–H groups in total. The van der Waals surface area contributed by atoms with Crippen LogP contribution in [0.5, 0.6) is 0 Å². The van der Waals surface area contributed by atoms with E-state index in [0.717, 1.165) is 23.4 Å². The zero-order chi connectivity index (χ0) is 14.8. The molecular formula is C16H21ClN2OS. The van der Waals surface area contributed by atoms with Crippen molar-refractivity contribution in [3.05, 3.63) is 23.2 Å². The van der Waals surface area contributed by atoms with Crippen molar-refractivity contribution in [1.82, 2.24) is 5.32 Å². The molecule has 0 spiro atoms. The largest absolute Gasteiger partial charge is 0.326 e. The molecule has 0 aromatic heterocycles. The van der Waals surface area contributed by atoms with E-state index in [-0.39, 0.29) is 5.91 Å². The molecule has 1 aromatic rings. The summed E-state index contributed by atoms with van der Waals surface area (Å²) in [6, 6.07) is 6.97. The second-order valence-electron chi connectivity index (χ2n) is 6.08. The Morgan fingerprint density at radius 2 is 2.10 bits per heavy atom. The van der Waals surface area contributed by atoms with Gasteiger partial charge in [0.25, 0.3) is 0 Å². The second-order valence-corrected chi connectivity index (χ2v) is 7.33. The molecule has 0 radical (unpaired) electrons. The van der Waals surface area contributed by atoms with E-state index in [2.05, 4.69) is 10.6 Å². The average molecular weight is 325 g/mol. The summed E-state index contributed by atoms with van der Waals surface area (Å²) in [6.07, 6.45) is 7.43. The lowest BCUT2D eigenvalue weighted by Crippen LogP contribution is -2.39. The Hall–Kier alpha value is -0.710. The van der Waals surface area contributed by atoms with Crippen molar-refractivity contribution in [2.75, 3.05) is 11.6 Å². The van der Waals surface area contributed by atoms with Crippen LogP contribution in [0.15, 0.2) is 23.1 Å². The van der Waals surface area contributed by atoms with Gasteiger partial charge < -0.3 is 10.6 Å². The normalized spacial score (nSPS) is 27.6. The van der Waals surface area contributed by atoms with E-state index in [0.29, 0.717) is 29.4 Å². The molecule has 21 heavy (non-hydrogen) atoms. The summed E-state index contributed by atoms with van der Waals surface area (Å²) in [5, 5.41) is 7.28. The van der Waals surface area contributed by atoms with Crippen molar-refractivity contribution in [1.29, 1.82) is 0 Å². The van der Waals surface area contributed by atoms with E-state index in [4.69, 9.17) is 11.6 Å². The molecule has 3 rings (SSSR count). The van der Waals surface area contributed by atoms with Crippen molar-refractivity contribution in [2.24, 2.45) is 5.92 Å². The first-order chi connectivity index (χ1) is 10.1. The molecule has 1 amide bonds. The molecule has 1 aromatic carbocycles. The van der Waals surface area contributed by atoms with Crippen LogP contribution in [-0.2, 0) is 4.79 Å². The van der Waals surface area contributed by atoms with Gasteiger partial charge in [-0.25, -0.2) is 0 Å². The van der Waals surface area contributed by atoms with Crippen molar-refractivity contribution in [3.63, 3.8) is 0 Å². The lowest BCUT2D eigenvalue weighted by molar-refractivity contribution is -0.117. The van der Waals surface area contributed by atoms with Gasteiger partial charge in [0.1, 0.15) is 0 Å². The molecule has 114 valence electrons. The molecule has 2 aliphatic rings. The molecule has 2 bridgehead atoms. The van der Waals surface area contributed by atoms with Gasteiger partial charge in [-0.1, -0.05) is 11.6 Å². The van der Waals surface area contributed by atoms with E-state index < -0.39 is 0 Å². The first-order valence-corrected chi connectivity index (χ1v) is 9.13. The van der Waals surface area contributed by atoms with Crippen LogP contribution in [0.1, 0.15) is 32.1 Å². The number of carbonyl (C=O) groups is 1. The minimum absolute atomic E-state index is 0.106. The van der Waals surface area contributed by atoms with Crippen molar-refractivity contribution in [2.45, 2.75) is 49.1 Å². The Balaban J connectivity index is 1.55. The standard InChI is InChI=1S/C16H21ClN2OS/c1-21-15-5-4-13(9-14(15)17)19-16(20)8-10-6-11-2-3-12(7-10)18-11/h4-5,9-12,18H,2-3,6-8H2,1H3,(H,19,20). The number of hydrogen-bond acceptors (Lipinski definition) is 3.